The third-order valence-corrected chi connectivity index (χ3v) is 7.52. The van der Waals surface area contributed by atoms with E-state index in [-0.39, 0.29) is 17.7 Å². The van der Waals surface area contributed by atoms with Crippen LogP contribution in [0.1, 0.15) is 60.0 Å². The Balaban J connectivity index is 1.18. The molecule has 1 fully saturated rings. The third-order valence-electron chi connectivity index (χ3n) is 6.55. The molecule has 3 aromatic rings. The van der Waals surface area contributed by atoms with E-state index >= 15 is 0 Å². The minimum absolute atomic E-state index is 0.137. The lowest BCUT2D eigenvalue weighted by molar-refractivity contribution is 0.117. The van der Waals surface area contributed by atoms with Gasteiger partial charge in [0.1, 0.15) is 17.6 Å². The Labute approximate surface area is 188 Å². The first kappa shape index (κ1) is 20.5. The van der Waals surface area contributed by atoms with Crippen LogP contribution in [0.15, 0.2) is 53.9 Å². The summed E-state index contributed by atoms with van der Waals surface area (Å²) < 4.78 is 12.6. The molecule has 1 aliphatic carbocycles. The van der Waals surface area contributed by atoms with Crippen molar-refractivity contribution in [3.8, 4) is 11.5 Å². The van der Waals surface area contributed by atoms with E-state index in [1.165, 1.54) is 11.1 Å². The van der Waals surface area contributed by atoms with Crippen LogP contribution in [-0.2, 0) is 12.8 Å². The Bertz CT molecular complexity index is 1020. The molecule has 0 saturated heterocycles. The summed E-state index contributed by atoms with van der Waals surface area (Å²) >= 11 is 1.72. The minimum Gasteiger partial charge on any atom is -0.490 e. The van der Waals surface area contributed by atoms with Crippen molar-refractivity contribution in [3.05, 3.63) is 75.7 Å². The van der Waals surface area contributed by atoms with E-state index in [0.717, 1.165) is 67.1 Å². The molecule has 0 amide bonds. The summed E-state index contributed by atoms with van der Waals surface area (Å²) in [5.41, 5.74) is 10.1. The molecule has 1 atom stereocenters. The standard InChI is InChI=1S/C26H30N2O2S/c1-18-17-31-25(28-18)16-26(27)13-11-21(12-14-26)29-22-8-10-24-20(15-22)7-9-23(30-24)19-5-3-2-4-6-19/h2-6,8,10,15,17,21,23H,7,9,11-14,16,27H2,1H3. The fourth-order valence-corrected chi connectivity index (χ4v) is 5.71. The van der Waals surface area contributed by atoms with Gasteiger partial charge in [0.15, 0.2) is 0 Å². The number of hydrogen-bond donors (Lipinski definition) is 1. The van der Waals surface area contributed by atoms with Crippen LogP contribution in [0.2, 0.25) is 0 Å². The first-order valence-electron chi connectivity index (χ1n) is 11.3. The molecule has 1 unspecified atom stereocenters. The van der Waals surface area contributed by atoms with Gasteiger partial charge in [-0.1, -0.05) is 30.3 Å². The summed E-state index contributed by atoms with van der Waals surface area (Å²) in [6.45, 7) is 2.04. The Morgan fingerprint density at radius 2 is 1.94 bits per heavy atom. The van der Waals surface area contributed by atoms with Gasteiger partial charge in [0.25, 0.3) is 0 Å². The summed E-state index contributed by atoms with van der Waals surface area (Å²) in [6, 6.07) is 16.8. The fourth-order valence-electron chi connectivity index (χ4n) is 4.78. The van der Waals surface area contributed by atoms with Crippen molar-refractivity contribution in [1.82, 2.24) is 4.98 Å². The highest BCUT2D eigenvalue weighted by molar-refractivity contribution is 7.09. The zero-order valence-electron chi connectivity index (χ0n) is 18.0. The molecule has 0 radical (unpaired) electrons. The van der Waals surface area contributed by atoms with Gasteiger partial charge in [0.05, 0.1) is 11.1 Å². The zero-order chi connectivity index (χ0) is 21.3. The molecule has 2 aliphatic rings. The Morgan fingerprint density at radius 3 is 2.68 bits per heavy atom. The fraction of sp³-hybridized carbons (Fsp3) is 0.423. The first-order valence-corrected chi connectivity index (χ1v) is 12.2. The Hall–Kier alpha value is -2.37. The largest absolute Gasteiger partial charge is 0.490 e. The van der Waals surface area contributed by atoms with Gasteiger partial charge in [0.2, 0.25) is 0 Å². The summed E-state index contributed by atoms with van der Waals surface area (Å²) in [7, 11) is 0. The van der Waals surface area contributed by atoms with Crippen LogP contribution < -0.4 is 15.2 Å². The van der Waals surface area contributed by atoms with Gasteiger partial charge in [0, 0.05) is 23.0 Å². The molecule has 5 heteroatoms. The quantitative estimate of drug-likeness (QED) is 0.553. The number of fused-ring (bicyclic) bond motifs is 1. The van der Waals surface area contributed by atoms with Crippen LogP contribution in [-0.4, -0.2) is 16.6 Å². The predicted octanol–water partition coefficient (Wildman–Crippen LogP) is 5.78. The first-order chi connectivity index (χ1) is 15.1. The average Bonchev–Trinajstić information content (AvgIpc) is 3.19. The van der Waals surface area contributed by atoms with Gasteiger partial charge in [-0.3, -0.25) is 0 Å². The molecule has 2 aromatic carbocycles. The van der Waals surface area contributed by atoms with E-state index in [4.69, 9.17) is 15.2 Å². The normalized spacial score (nSPS) is 25.5. The molecule has 5 rings (SSSR count). The van der Waals surface area contributed by atoms with Gasteiger partial charge in [-0.25, -0.2) is 4.98 Å². The third kappa shape index (κ3) is 4.78. The molecule has 1 aromatic heterocycles. The van der Waals surface area contributed by atoms with Crippen LogP contribution in [0.4, 0.5) is 0 Å². The number of aryl methyl sites for hydroxylation is 2. The lowest BCUT2D eigenvalue weighted by atomic mass is 9.79. The van der Waals surface area contributed by atoms with Crippen molar-refractivity contribution in [2.75, 3.05) is 0 Å². The number of nitrogens with zero attached hydrogens (tertiary/aromatic N) is 1. The van der Waals surface area contributed by atoms with Crippen molar-refractivity contribution in [3.63, 3.8) is 0 Å². The van der Waals surface area contributed by atoms with Crippen LogP contribution in [0, 0.1) is 6.92 Å². The van der Waals surface area contributed by atoms with Gasteiger partial charge in [-0.05, 0) is 74.8 Å². The van der Waals surface area contributed by atoms with E-state index in [2.05, 4.69) is 52.8 Å². The highest BCUT2D eigenvalue weighted by Gasteiger charge is 2.33. The molecule has 1 saturated carbocycles. The van der Waals surface area contributed by atoms with Gasteiger partial charge >= 0.3 is 0 Å². The summed E-state index contributed by atoms with van der Waals surface area (Å²) in [6.07, 6.45) is 7.18. The maximum absolute atomic E-state index is 6.70. The summed E-state index contributed by atoms with van der Waals surface area (Å²) in [4.78, 5) is 4.60. The van der Waals surface area contributed by atoms with Gasteiger partial charge in [-0.15, -0.1) is 11.3 Å². The maximum atomic E-state index is 6.70. The monoisotopic (exact) mass is 434 g/mol. The number of nitrogens with two attached hydrogens (primary N) is 1. The van der Waals surface area contributed by atoms with E-state index in [1.54, 1.807) is 11.3 Å². The number of hydrogen-bond acceptors (Lipinski definition) is 5. The van der Waals surface area contributed by atoms with Crippen molar-refractivity contribution >= 4 is 11.3 Å². The van der Waals surface area contributed by atoms with Crippen molar-refractivity contribution < 1.29 is 9.47 Å². The van der Waals surface area contributed by atoms with E-state index in [9.17, 15) is 0 Å². The van der Waals surface area contributed by atoms with Crippen LogP contribution in [0.25, 0.3) is 0 Å². The lowest BCUT2D eigenvalue weighted by Gasteiger charge is -2.37. The second-order valence-electron chi connectivity index (χ2n) is 9.06. The number of thiazole rings is 1. The molecule has 1 aliphatic heterocycles. The van der Waals surface area contributed by atoms with Crippen LogP contribution in [0.3, 0.4) is 0 Å². The molecule has 2 heterocycles. The van der Waals surface area contributed by atoms with Gasteiger partial charge in [-0.2, -0.15) is 0 Å². The average molecular weight is 435 g/mol. The molecule has 4 nitrogen and oxygen atoms in total. The Kier molecular flexibility index (Phi) is 5.72. The van der Waals surface area contributed by atoms with E-state index in [0.29, 0.717) is 0 Å². The SMILES string of the molecule is Cc1csc(CC2(N)CCC(Oc3ccc4c(c3)CCC(c3ccccc3)O4)CC2)n1. The van der Waals surface area contributed by atoms with Crippen LogP contribution in [0.5, 0.6) is 11.5 Å². The maximum Gasteiger partial charge on any atom is 0.124 e. The Morgan fingerprint density at radius 1 is 1.13 bits per heavy atom. The molecule has 2 N–H and O–H groups in total. The number of benzene rings is 2. The number of aromatic nitrogens is 1. The highest BCUT2D eigenvalue weighted by atomic mass is 32.1. The van der Waals surface area contributed by atoms with Crippen molar-refractivity contribution in [2.24, 2.45) is 5.73 Å². The summed E-state index contributed by atoms with van der Waals surface area (Å²) in [5, 5.41) is 3.26. The molecule has 0 bridgehead atoms. The smallest absolute Gasteiger partial charge is 0.124 e. The van der Waals surface area contributed by atoms with E-state index < -0.39 is 0 Å². The second-order valence-corrected chi connectivity index (χ2v) is 10.0. The molecule has 162 valence electrons. The summed E-state index contributed by atoms with van der Waals surface area (Å²) in [5.74, 6) is 1.93. The number of ether oxygens (including phenoxy) is 2. The van der Waals surface area contributed by atoms with E-state index in [1.807, 2.05) is 13.0 Å². The van der Waals surface area contributed by atoms with Crippen LogP contribution >= 0.6 is 11.3 Å². The molecular weight excluding hydrogens is 404 g/mol. The predicted molar refractivity (Wildman–Crippen MR) is 125 cm³/mol. The van der Waals surface area contributed by atoms with Crippen molar-refractivity contribution in [1.29, 1.82) is 0 Å². The number of rotatable bonds is 5. The highest BCUT2D eigenvalue weighted by Crippen LogP contribution is 2.38. The minimum atomic E-state index is -0.152. The van der Waals surface area contributed by atoms with Crippen molar-refractivity contribution in [2.45, 2.75) is 69.6 Å². The molecule has 0 spiro atoms. The van der Waals surface area contributed by atoms with Gasteiger partial charge < -0.3 is 15.2 Å². The molecule has 31 heavy (non-hydrogen) atoms. The zero-order valence-corrected chi connectivity index (χ0v) is 18.9. The lowest BCUT2D eigenvalue weighted by Crippen LogP contribution is -2.47. The topological polar surface area (TPSA) is 57.4 Å². The second kappa shape index (κ2) is 8.64. The molecular formula is C26H30N2O2S.